The molecule has 0 radical (unpaired) electrons. The SMILES string of the molecule is CC1CCC(C(=O)Nc2ccc(C(C)O)nc2)O1.COc1cccc(F)c1F. The van der Waals surface area contributed by atoms with Crippen LogP contribution < -0.4 is 10.1 Å². The van der Waals surface area contributed by atoms with Crippen LogP contribution in [-0.2, 0) is 9.53 Å². The molecule has 3 rings (SSSR count). The first-order valence-electron chi connectivity index (χ1n) is 8.90. The Bertz CT molecular complexity index is 784. The number of hydrogen-bond donors (Lipinski definition) is 2. The lowest BCUT2D eigenvalue weighted by molar-refractivity contribution is -0.126. The highest BCUT2D eigenvalue weighted by atomic mass is 19.2. The van der Waals surface area contributed by atoms with Crippen LogP contribution in [0, 0.1) is 11.6 Å². The molecule has 3 atom stereocenters. The van der Waals surface area contributed by atoms with Crippen LogP contribution in [0.15, 0.2) is 36.5 Å². The molecule has 0 saturated carbocycles. The number of aliphatic hydroxyl groups excluding tert-OH is 1. The van der Waals surface area contributed by atoms with Crippen molar-refractivity contribution < 1.29 is 28.2 Å². The van der Waals surface area contributed by atoms with E-state index in [-0.39, 0.29) is 23.9 Å². The van der Waals surface area contributed by atoms with E-state index in [1.165, 1.54) is 19.2 Å². The van der Waals surface area contributed by atoms with E-state index >= 15 is 0 Å². The first-order valence-corrected chi connectivity index (χ1v) is 8.90. The normalized spacial score (nSPS) is 19.4. The van der Waals surface area contributed by atoms with Crippen molar-refractivity contribution in [3.05, 3.63) is 53.9 Å². The lowest BCUT2D eigenvalue weighted by Gasteiger charge is -2.12. The Morgan fingerprint density at radius 3 is 2.57 bits per heavy atom. The van der Waals surface area contributed by atoms with E-state index in [9.17, 15) is 18.7 Å². The molecule has 1 saturated heterocycles. The predicted molar refractivity (Wildman–Crippen MR) is 100.0 cm³/mol. The molecule has 0 aliphatic carbocycles. The number of aliphatic hydroxyl groups is 1. The maximum absolute atomic E-state index is 12.5. The van der Waals surface area contributed by atoms with Gasteiger partial charge in [0.25, 0.3) is 5.91 Å². The van der Waals surface area contributed by atoms with Gasteiger partial charge in [0, 0.05) is 0 Å². The fraction of sp³-hybridized carbons (Fsp3) is 0.400. The molecule has 28 heavy (non-hydrogen) atoms. The highest BCUT2D eigenvalue weighted by Crippen LogP contribution is 2.21. The molecule has 1 aliphatic rings. The molecule has 0 bridgehead atoms. The molecule has 152 valence electrons. The second kappa shape index (κ2) is 10.1. The number of amides is 1. The lowest BCUT2D eigenvalue weighted by atomic mass is 10.2. The van der Waals surface area contributed by atoms with Gasteiger partial charge in [0.2, 0.25) is 5.82 Å². The number of anilines is 1. The molecule has 1 aromatic heterocycles. The molecule has 8 heteroatoms. The van der Waals surface area contributed by atoms with E-state index in [0.29, 0.717) is 11.4 Å². The third kappa shape index (κ3) is 5.97. The third-order valence-corrected chi connectivity index (χ3v) is 4.14. The summed E-state index contributed by atoms with van der Waals surface area (Å²) in [6, 6.07) is 7.21. The summed E-state index contributed by atoms with van der Waals surface area (Å²) in [6.45, 7) is 3.61. The summed E-state index contributed by atoms with van der Waals surface area (Å²) in [5.41, 5.74) is 1.20. The molecule has 1 aliphatic heterocycles. The summed E-state index contributed by atoms with van der Waals surface area (Å²) in [5, 5.41) is 12.1. The van der Waals surface area contributed by atoms with Gasteiger partial charge < -0.3 is 19.9 Å². The van der Waals surface area contributed by atoms with Gasteiger partial charge in [-0.2, -0.15) is 4.39 Å². The first-order chi connectivity index (χ1) is 13.3. The highest BCUT2D eigenvalue weighted by Gasteiger charge is 2.28. The molecule has 1 fully saturated rings. The van der Waals surface area contributed by atoms with E-state index in [1.54, 1.807) is 25.3 Å². The first kappa shape index (κ1) is 21.7. The molecule has 1 aromatic carbocycles. The summed E-state index contributed by atoms with van der Waals surface area (Å²) in [7, 11) is 1.29. The largest absolute Gasteiger partial charge is 0.494 e. The summed E-state index contributed by atoms with van der Waals surface area (Å²) < 4.78 is 34.8. The van der Waals surface area contributed by atoms with Crippen LogP contribution in [0.4, 0.5) is 14.5 Å². The average Bonchev–Trinajstić information content (AvgIpc) is 3.11. The van der Waals surface area contributed by atoms with Crippen molar-refractivity contribution in [2.24, 2.45) is 0 Å². The van der Waals surface area contributed by atoms with Crippen molar-refractivity contribution in [3.8, 4) is 5.75 Å². The van der Waals surface area contributed by atoms with Gasteiger partial charge in [-0.1, -0.05) is 6.07 Å². The second-order valence-corrected chi connectivity index (χ2v) is 6.41. The Hall–Kier alpha value is -2.58. The Kier molecular flexibility index (Phi) is 7.83. The third-order valence-electron chi connectivity index (χ3n) is 4.14. The van der Waals surface area contributed by atoms with Gasteiger partial charge in [-0.3, -0.25) is 9.78 Å². The number of nitrogens with one attached hydrogen (secondary N) is 1. The van der Waals surface area contributed by atoms with Crippen LogP contribution in [0.25, 0.3) is 0 Å². The van der Waals surface area contributed by atoms with Crippen LogP contribution in [0.1, 0.15) is 38.5 Å². The zero-order chi connectivity index (χ0) is 20.7. The highest BCUT2D eigenvalue weighted by molar-refractivity contribution is 5.94. The monoisotopic (exact) mass is 394 g/mol. The number of pyridine rings is 1. The summed E-state index contributed by atoms with van der Waals surface area (Å²) >= 11 is 0. The molecule has 0 spiro atoms. The summed E-state index contributed by atoms with van der Waals surface area (Å²) in [5.74, 6) is -2.03. The van der Waals surface area contributed by atoms with Crippen LogP contribution >= 0.6 is 0 Å². The second-order valence-electron chi connectivity index (χ2n) is 6.41. The number of carbonyl (C=O) groups is 1. The predicted octanol–water partition coefficient (Wildman–Crippen LogP) is 3.61. The topological polar surface area (TPSA) is 80.7 Å². The molecule has 3 unspecified atom stereocenters. The van der Waals surface area contributed by atoms with Crippen molar-refractivity contribution in [1.82, 2.24) is 4.98 Å². The molecule has 2 heterocycles. The molecule has 1 amide bonds. The number of methoxy groups -OCH3 is 1. The van der Waals surface area contributed by atoms with Crippen LogP contribution in [0.3, 0.4) is 0 Å². The Morgan fingerprint density at radius 2 is 2.07 bits per heavy atom. The minimum Gasteiger partial charge on any atom is -0.494 e. The maximum atomic E-state index is 12.5. The number of halogens is 2. The smallest absolute Gasteiger partial charge is 0.253 e. The average molecular weight is 394 g/mol. The number of rotatable bonds is 4. The fourth-order valence-corrected chi connectivity index (χ4v) is 2.59. The number of nitrogens with zero attached hydrogens (tertiary/aromatic N) is 1. The zero-order valence-corrected chi connectivity index (χ0v) is 16.0. The van der Waals surface area contributed by atoms with Crippen molar-refractivity contribution >= 4 is 11.6 Å². The van der Waals surface area contributed by atoms with Gasteiger partial charge in [-0.05, 0) is 51.0 Å². The molecule has 6 nitrogen and oxygen atoms in total. The number of aromatic nitrogens is 1. The molecule has 2 N–H and O–H groups in total. The Morgan fingerprint density at radius 1 is 1.32 bits per heavy atom. The van der Waals surface area contributed by atoms with Gasteiger partial charge in [-0.15, -0.1) is 0 Å². The van der Waals surface area contributed by atoms with Gasteiger partial charge >= 0.3 is 0 Å². The van der Waals surface area contributed by atoms with Crippen LogP contribution in [0.2, 0.25) is 0 Å². The lowest BCUT2D eigenvalue weighted by Crippen LogP contribution is -2.27. The summed E-state index contributed by atoms with van der Waals surface area (Å²) in [6.07, 6.45) is 2.39. The molecular weight excluding hydrogens is 370 g/mol. The quantitative estimate of drug-likeness (QED) is 0.828. The van der Waals surface area contributed by atoms with Gasteiger partial charge in [0.15, 0.2) is 11.6 Å². The molecular formula is C20H24F2N2O4. The van der Waals surface area contributed by atoms with Crippen molar-refractivity contribution in [3.63, 3.8) is 0 Å². The van der Waals surface area contributed by atoms with Crippen molar-refractivity contribution in [2.45, 2.75) is 45.0 Å². The zero-order valence-electron chi connectivity index (χ0n) is 16.0. The Labute approximate surface area is 162 Å². The van der Waals surface area contributed by atoms with Crippen LogP contribution in [0.5, 0.6) is 5.75 Å². The minimum absolute atomic E-state index is 0.0694. The van der Waals surface area contributed by atoms with E-state index in [0.717, 1.165) is 18.9 Å². The minimum atomic E-state index is -0.940. The number of benzene rings is 1. The summed E-state index contributed by atoms with van der Waals surface area (Å²) in [4.78, 5) is 15.9. The van der Waals surface area contributed by atoms with Crippen molar-refractivity contribution in [2.75, 3.05) is 12.4 Å². The van der Waals surface area contributed by atoms with E-state index < -0.39 is 17.7 Å². The standard InChI is InChI=1S/C13H18N2O3.C7H6F2O/c1-8-3-6-12(18-8)13(17)15-10-4-5-11(9(2)16)14-7-10;1-10-6-4-2-3-5(8)7(6)9/h4-5,7-9,12,16H,3,6H2,1-2H3,(H,15,17);2-4H,1H3. The number of carbonyl (C=O) groups excluding carboxylic acids is 1. The Balaban J connectivity index is 0.000000237. The van der Waals surface area contributed by atoms with Crippen molar-refractivity contribution in [1.29, 1.82) is 0 Å². The fourth-order valence-electron chi connectivity index (χ4n) is 2.59. The number of ether oxygens (including phenoxy) is 2. The number of hydrogen-bond acceptors (Lipinski definition) is 5. The van der Waals surface area contributed by atoms with E-state index in [2.05, 4.69) is 15.0 Å². The van der Waals surface area contributed by atoms with Crippen LogP contribution in [-0.4, -0.2) is 35.3 Å². The van der Waals surface area contributed by atoms with Gasteiger partial charge in [0.1, 0.15) is 6.10 Å². The van der Waals surface area contributed by atoms with E-state index in [4.69, 9.17) is 4.74 Å². The van der Waals surface area contributed by atoms with E-state index in [1.807, 2.05) is 6.92 Å². The maximum Gasteiger partial charge on any atom is 0.253 e. The van der Waals surface area contributed by atoms with Gasteiger partial charge in [-0.25, -0.2) is 4.39 Å². The molecule has 2 aromatic rings. The van der Waals surface area contributed by atoms with Gasteiger partial charge in [0.05, 0.1) is 36.9 Å².